The Morgan fingerprint density at radius 2 is 1.88 bits per heavy atom. The predicted molar refractivity (Wildman–Crippen MR) is 125 cm³/mol. The Morgan fingerprint density at radius 1 is 1.12 bits per heavy atom. The first-order valence-electron chi connectivity index (χ1n) is 10.7. The molecule has 1 aliphatic carbocycles. The maximum Gasteiger partial charge on any atom is 0.255 e. The Balaban J connectivity index is 1.69. The first-order chi connectivity index (χ1) is 15.5. The lowest BCUT2D eigenvalue weighted by molar-refractivity contribution is -0.121. The van der Waals surface area contributed by atoms with Gasteiger partial charge in [-0.05, 0) is 42.7 Å². The molecule has 8 heteroatoms. The topological polar surface area (TPSA) is 88.1 Å². The number of hydrogen-bond acceptors (Lipinski definition) is 5. The average molecular weight is 456 g/mol. The first kappa shape index (κ1) is 23.7. The molecule has 0 bridgehead atoms. The van der Waals surface area contributed by atoms with Gasteiger partial charge in [-0.2, -0.15) is 9.41 Å². The van der Waals surface area contributed by atoms with Gasteiger partial charge in [-0.3, -0.25) is 4.79 Å². The number of nitrogens with one attached hydrogen (secondary N) is 1. The fraction of sp³-hybridized carbons (Fsp3) is 0.333. The SMILES string of the molecule is C=CCOc1cccc(/C=N/NC(=O)CN(C2CCCCC2)S(=O)(=O)c2ccccc2)c1. The highest BCUT2D eigenvalue weighted by molar-refractivity contribution is 7.89. The molecule has 1 fully saturated rings. The molecule has 1 amide bonds. The van der Waals surface area contributed by atoms with Gasteiger partial charge in [-0.15, -0.1) is 0 Å². The summed E-state index contributed by atoms with van der Waals surface area (Å²) in [5.74, 6) is 0.183. The lowest BCUT2D eigenvalue weighted by atomic mass is 9.95. The van der Waals surface area contributed by atoms with Crippen molar-refractivity contribution in [3.63, 3.8) is 0 Å². The lowest BCUT2D eigenvalue weighted by Crippen LogP contribution is -2.46. The van der Waals surface area contributed by atoms with Gasteiger partial charge in [0.05, 0.1) is 17.7 Å². The van der Waals surface area contributed by atoms with Crippen LogP contribution in [0.5, 0.6) is 5.75 Å². The fourth-order valence-electron chi connectivity index (χ4n) is 3.70. The summed E-state index contributed by atoms with van der Waals surface area (Å²) in [5, 5.41) is 3.99. The number of ether oxygens (including phenoxy) is 1. The van der Waals surface area contributed by atoms with Crippen molar-refractivity contribution in [1.29, 1.82) is 0 Å². The van der Waals surface area contributed by atoms with Crippen LogP contribution in [0, 0.1) is 0 Å². The summed E-state index contributed by atoms with van der Waals surface area (Å²) >= 11 is 0. The van der Waals surface area contributed by atoms with E-state index in [9.17, 15) is 13.2 Å². The molecule has 0 atom stereocenters. The molecule has 0 heterocycles. The lowest BCUT2D eigenvalue weighted by Gasteiger charge is -2.32. The summed E-state index contributed by atoms with van der Waals surface area (Å²) in [4.78, 5) is 12.8. The van der Waals surface area contributed by atoms with E-state index in [0.29, 0.717) is 12.4 Å². The van der Waals surface area contributed by atoms with Crippen molar-refractivity contribution in [3.8, 4) is 5.75 Å². The summed E-state index contributed by atoms with van der Waals surface area (Å²) in [6.45, 7) is 3.73. The third kappa shape index (κ3) is 6.51. The molecule has 0 aliphatic heterocycles. The van der Waals surface area contributed by atoms with Crippen LogP contribution in [-0.2, 0) is 14.8 Å². The number of carbonyl (C=O) groups excluding carboxylic acids is 1. The Hall–Kier alpha value is -2.97. The zero-order valence-corrected chi connectivity index (χ0v) is 18.8. The molecule has 7 nitrogen and oxygen atoms in total. The van der Waals surface area contributed by atoms with E-state index >= 15 is 0 Å². The van der Waals surface area contributed by atoms with E-state index in [-0.39, 0.29) is 17.5 Å². The molecule has 1 saturated carbocycles. The van der Waals surface area contributed by atoms with Crippen LogP contribution in [-0.4, -0.2) is 44.0 Å². The third-order valence-corrected chi connectivity index (χ3v) is 7.17. The molecular weight excluding hydrogens is 426 g/mol. The molecule has 0 spiro atoms. The molecule has 2 aromatic carbocycles. The Kier molecular flexibility index (Phi) is 8.58. The molecule has 3 rings (SSSR count). The zero-order valence-electron chi connectivity index (χ0n) is 18.0. The van der Waals surface area contributed by atoms with Gasteiger partial charge in [0.2, 0.25) is 10.0 Å². The maximum atomic E-state index is 13.3. The predicted octanol–water partition coefficient (Wildman–Crippen LogP) is 3.73. The Labute approximate surface area is 189 Å². The second-order valence-corrected chi connectivity index (χ2v) is 9.51. The summed E-state index contributed by atoms with van der Waals surface area (Å²) in [5.41, 5.74) is 3.20. The molecule has 2 aromatic rings. The molecule has 170 valence electrons. The quantitative estimate of drug-likeness (QED) is 0.336. The van der Waals surface area contributed by atoms with E-state index in [4.69, 9.17) is 4.74 Å². The smallest absolute Gasteiger partial charge is 0.255 e. The van der Waals surface area contributed by atoms with Crippen molar-refractivity contribution >= 4 is 22.1 Å². The van der Waals surface area contributed by atoms with Crippen molar-refractivity contribution < 1.29 is 17.9 Å². The highest BCUT2D eigenvalue weighted by Crippen LogP contribution is 2.27. The van der Waals surface area contributed by atoms with Crippen molar-refractivity contribution in [1.82, 2.24) is 9.73 Å². The highest BCUT2D eigenvalue weighted by atomic mass is 32.2. The van der Waals surface area contributed by atoms with Crippen LogP contribution in [0.2, 0.25) is 0 Å². The van der Waals surface area contributed by atoms with E-state index in [2.05, 4.69) is 17.1 Å². The van der Waals surface area contributed by atoms with Gasteiger partial charge in [0.15, 0.2) is 0 Å². The number of hydrazone groups is 1. The number of rotatable bonds is 10. The highest BCUT2D eigenvalue weighted by Gasteiger charge is 2.33. The van der Waals surface area contributed by atoms with Gasteiger partial charge in [0, 0.05) is 6.04 Å². The van der Waals surface area contributed by atoms with Gasteiger partial charge >= 0.3 is 0 Å². The second kappa shape index (κ2) is 11.6. The Bertz CT molecular complexity index is 1030. The zero-order chi connectivity index (χ0) is 22.8. The summed E-state index contributed by atoms with van der Waals surface area (Å²) < 4.78 is 33.4. The molecule has 1 aliphatic rings. The molecule has 0 unspecified atom stereocenters. The molecule has 0 aromatic heterocycles. The summed E-state index contributed by atoms with van der Waals surface area (Å²) in [7, 11) is -3.79. The van der Waals surface area contributed by atoms with Gasteiger partial charge in [0.25, 0.3) is 5.91 Å². The maximum absolute atomic E-state index is 13.3. The van der Waals surface area contributed by atoms with E-state index in [1.54, 1.807) is 42.5 Å². The Morgan fingerprint density at radius 3 is 2.59 bits per heavy atom. The van der Waals surface area contributed by atoms with Gasteiger partial charge in [-0.25, -0.2) is 13.8 Å². The van der Waals surface area contributed by atoms with Crippen molar-refractivity contribution in [3.05, 3.63) is 72.8 Å². The van der Waals surface area contributed by atoms with Crippen LogP contribution in [0.4, 0.5) is 0 Å². The number of sulfonamides is 1. The third-order valence-electron chi connectivity index (χ3n) is 5.26. The van der Waals surface area contributed by atoms with E-state index in [1.807, 2.05) is 18.2 Å². The van der Waals surface area contributed by atoms with E-state index < -0.39 is 15.9 Å². The molecule has 0 saturated heterocycles. The van der Waals surface area contributed by atoms with Gasteiger partial charge < -0.3 is 4.74 Å². The first-order valence-corrected chi connectivity index (χ1v) is 12.2. The summed E-state index contributed by atoms with van der Waals surface area (Å²) in [6, 6.07) is 15.3. The summed E-state index contributed by atoms with van der Waals surface area (Å²) in [6.07, 6.45) is 7.64. The minimum atomic E-state index is -3.79. The van der Waals surface area contributed by atoms with E-state index in [0.717, 1.165) is 37.7 Å². The number of hydrogen-bond donors (Lipinski definition) is 1. The largest absolute Gasteiger partial charge is 0.490 e. The van der Waals surface area contributed by atoms with Crippen LogP contribution >= 0.6 is 0 Å². The molecular formula is C24H29N3O4S. The van der Waals surface area contributed by atoms with Crippen LogP contribution in [0.1, 0.15) is 37.7 Å². The molecule has 0 radical (unpaired) electrons. The standard InChI is InChI=1S/C24H29N3O4S/c1-2-16-31-22-13-9-10-20(17-22)18-25-26-24(28)19-27(21-11-5-3-6-12-21)32(29,30)23-14-7-4-8-15-23/h2,4,7-10,13-15,17-18,21H,1,3,5-6,11-12,16,19H2,(H,26,28)/b25-18+. The molecule has 32 heavy (non-hydrogen) atoms. The number of nitrogens with zero attached hydrogens (tertiary/aromatic N) is 2. The number of benzene rings is 2. The van der Waals surface area contributed by atoms with Gasteiger partial charge in [-0.1, -0.05) is 62.2 Å². The number of carbonyl (C=O) groups is 1. The minimum absolute atomic E-state index is 0.192. The second-order valence-electron chi connectivity index (χ2n) is 7.62. The van der Waals surface area contributed by atoms with Crippen molar-refractivity contribution in [2.75, 3.05) is 13.2 Å². The van der Waals surface area contributed by atoms with Crippen LogP contribution < -0.4 is 10.2 Å². The van der Waals surface area contributed by atoms with Crippen molar-refractivity contribution in [2.24, 2.45) is 5.10 Å². The molecule has 1 N–H and O–H groups in total. The average Bonchev–Trinajstić information content (AvgIpc) is 2.82. The van der Waals surface area contributed by atoms with Crippen LogP contribution in [0.15, 0.2) is 77.2 Å². The normalized spacial score (nSPS) is 15.0. The monoisotopic (exact) mass is 455 g/mol. The van der Waals surface area contributed by atoms with Crippen molar-refractivity contribution in [2.45, 2.75) is 43.0 Å². The van der Waals surface area contributed by atoms with Gasteiger partial charge in [0.1, 0.15) is 12.4 Å². The van der Waals surface area contributed by atoms with Crippen LogP contribution in [0.3, 0.4) is 0 Å². The minimum Gasteiger partial charge on any atom is -0.490 e. The van der Waals surface area contributed by atoms with E-state index in [1.165, 1.54) is 10.5 Å². The van der Waals surface area contributed by atoms with Crippen LogP contribution in [0.25, 0.3) is 0 Å². The fourth-order valence-corrected chi connectivity index (χ4v) is 5.37. The number of amides is 1.